The van der Waals surface area contributed by atoms with Crippen LogP contribution in [0, 0.1) is 12.3 Å². The molecule has 1 N–H and O–H groups in total. The van der Waals surface area contributed by atoms with Crippen molar-refractivity contribution >= 4 is 24.4 Å². The molecule has 0 aliphatic rings. The SMILES string of the molecule is C#CCNCc1cc(CS)cc(CSC)c1. The van der Waals surface area contributed by atoms with E-state index in [-0.39, 0.29) is 0 Å². The Hall–Kier alpha value is -0.560. The highest BCUT2D eigenvalue weighted by Gasteiger charge is 2.00. The molecular formula is C13H17NS2. The van der Waals surface area contributed by atoms with Crippen LogP contribution in [0.4, 0.5) is 0 Å². The maximum absolute atomic E-state index is 5.20. The minimum Gasteiger partial charge on any atom is -0.302 e. The molecule has 16 heavy (non-hydrogen) atoms. The minimum atomic E-state index is 0.614. The van der Waals surface area contributed by atoms with Gasteiger partial charge in [0.2, 0.25) is 0 Å². The highest BCUT2D eigenvalue weighted by Crippen LogP contribution is 2.16. The fraction of sp³-hybridized carbons (Fsp3) is 0.385. The Balaban J connectivity index is 2.74. The summed E-state index contributed by atoms with van der Waals surface area (Å²) in [6.45, 7) is 1.44. The Kier molecular flexibility index (Phi) is 6.47. The molecule has 0 aliphatic heterocycles. The predicted molar refractivity (Wildman–Crippen MR) is 76.9 cm³/mol. The standard InChI is InChI=1S/C13H17NS2/c1-3-4-14-8-11-5-12(9-15)7-13(6-11)10-16-2/h1,5-7,14-15H,4,8-10H2,2H3. The molecule has 1 rings (SSSR count). The van der Waals surface area contributed by atoms with Crippen molar-refractivity contribution in [3.8, 4) is 12.3 Å². The maximum Gasteiger partial charge on any atom is 0.0576 e. The number of thioether (sulfide) groups is 1. The lowest BCUT2D eigenvalue weighted by Gasteiger charge is -2.08. The van der Waals surface area contributed by atoms with E-state index in [0.29, 0.717) is 6.54 Å². The van der Waals surface area contributed by atoms with Gasteiger partial charge in [-0.25, -0.2) is 0 Å². The minimum absolute atomic E-state index is 0.614. The van der Waals surface area contributed by atoms with Crippen LogP contribution in [0.5, 0.6) is 0 Å². The van der Waals surface area contributed by atoms with Gasteiger partial charge in [-0.3, -0.25) is 0 Å². The molecule has 0 saturated heterocycles. The first kappa shape index (κ1) is 13.5. The molecule has 0 bridgehead atoms. The van der Waals surface area contributed by atoms with Crippen LogP contribution in [0.15, 0.2) is 18.2 Å². The second-order valence-electron chi connectivity index (χ2n) is 3.56. The third kappa shape index (κ3) is 4.52. The molecule has 1 aromatic rings. The summed E-state index contributed by atoms with van der Waals surface area (Å²) in [7, 11) is 0. The fourth-order valence-corrected chi connectivity index (χ4v) is 2.24. The van der Waals surface area contributed by atoms with Gasteiger partial charge in [0.15, 0.2) is 0 Å². The molecule has 0 unspecified atom stereocenters. The van der Waals surface area contributed by atoms with Crippen molar-refractivity contribution in [2.75, 3.05) is 12.8 Å². The van der Waals surface area contributed by atoms with Crippen LogP contribution in [-0.2, 0) is 18.1 Å². The lowest BCUT2D eigenvalue weighted by atomic mass is 10.1. The van der Waals surface area contributed by atoms with Crippen LogP contribution in [0.2, 0.25) is 0 Å². The topological polar surface area (TPSA) is 12.0 Å². The van der Waals surface area contributed by atoms with Crippen LogP contribution in [0.1, 0.15) is 16.7 Å². The van der Waals surface area contributed by atoms with Crippen LogP contribution < -0.4 is 5.32 Å². The molecule has 0 fully saturated rings. The molecule has 86 valence electrons. The number of terminal acetylenes is 1. The van der Waals surface area contributed by atoms with Crippen molar-refractivity contribution in [2.24, 2.45) is 0 Å². The number of rotatable bonds is 6. The van der Waals surface area contributed by atoms with Gasteiger partial charge in [-0.15, -0.1) is 6.42 Å². The smallest absolute Gasteiger partial charge is 0.0576 e. The van der Waals surface area contributed by atoms with Gasteiger partial charge in [0, 0.05) is 18.1 Å². The van der Waals surface area contributed by atoms with Gasteiger partial charge in [-0.1, -0.05) is 24.1 Å². The van der Waals surface area contributed by atoms with E-state index < -0.39 is 0 Å². The number of benzene rings is 1. The fourth-order valence-electron chi connectivity index (χ4n) is 1.56. The van der Waals surface area contributed by atoms with Crippen molar-refractivity contribution in [3.05, 3.63) is 34.9 Å². The monoisotopic (exact) mass is 251 g/mol. The van der Waals surface area contributed by atoms with Gasteiger partial charge < -0.3 is 5.32 Å². The van der Waals surface area contributed by atoms with Crippen molar-refractivity contribution in [1.82, 2.24) is 5.32 Å². The largest absolute Gasteiger partial charge is 0.302 e. The summed E-state index contributed by atoms with van der Waals surface area (Å²) in [5.41, 5.74) is 3.91. The molecule has 0 aliphatic carbocycles. The molecule has 0 aromatic heterocycles. The first-order chi connectivity index (χ1) is 7.80. The van der Waals surface area contributed by atoms with E-state index in [1.807, 2.05) is 11.8 Å². The van der Waals surface area contributed by atoms with Crippen molar-refractivity contribution in [3.63, 3.8) is 0 Å². The van der Waals surface area contributed by atoms with Gasteiger partial charge in [0.1, 0.15) is 0 Å². The van der Waals surface area contributed by atoms with E-state index in [9.17, 15) is 0 Å². The average molecular weight is 251 g/mol. The molecule has 0 heterocycles. The molecule has 1 nitrogen and oxygen atoms in total. The Labute approximate surface area is 108 Å². The summed E-state index contributed by atoms with van der Waals surface area (Å²) in [6, 6.07) is 6.63. The first-order valence-electron chi connectivity index (χ1n) is 5.16. The average Bonchev–Trinajstić information content (AvgIpc) is 2.29. The van der Waals surface area contributed by atoms with Crippen molar-refractivity contribution in [1.29, 1.82) is 0 Å². The Bertz CT molecular complexity index is 369. The quantitative estimate of drug-likeness (QED) is 0.458. The summed E-state index contributed by atoms with van der Waals surface area (Å²) >= 11 is 6.16. The van der Waals surface area contributed by atoms with E-state index in [4.69, 9.17) is 6.42 Å². The van der Waals surface area contributed by atoms with E-state index in [1.165, 1.54) is 16.7 Å². The van der Waals surface area contributed by atoms with E-state index in [2.05, 4.69) is 48.3 Å². The molecule has 3 heteroatoms. The third-order valence-corrected chi connectivity index (χ3v) is 3.15. The second kappa shape index (κ2) is 7.67. The second-order valence-corrected chi connectivity index (χ2v) is 4.74. The number of nitrogens with one attached hydrogen (secondary N) is 1. The van der Waals surface area contributed by atoms with Crippen LogP contribution in [0.3, 0.4) is 0 Å². The Morgan fingerprint density at radius 1 is 1.31 bits per heavy atom. The zero-order valence-corrected chi connectivity index (χ0v) is 11.2. The molecular weight excluding hydrogens is 234 g/mol. The predicted octanol–water partition coefficient (Wildman–Crippen LogP) is 2.70. The zero-order valence-electron chi connectivity index (χ0n) is 9.49. The van der Waals surface area contributed by atoms with E-state index in [1.54, 1.807) is 0 Å². The molecule has 0 radical (unpaired) electrons. The zero-order chi connectivity index (χ0) is 11.8. The van der Waals surface area contributed by atoms with Crippen molar-refractivity contribution < 1.29 is 0 Å². The summed E-state index contributed by atoms with van der Waals surface area (Å²) in [5, 5.41) is 3.20. The number of hydrogen-bond acceptors (Lipinski definition) is 3. The van der Waals surface area contributed by atoms with Gasteiger partial charge >= 0.3 is 0 Å². The number of hydrogen-bond donors (Lipinski definition) is 2. The lowest BCUT2D eigenvalue weighted by Crippen LogP contribution is -2.13. The highest BCUT2D eigenvalue weighted by atomic mass is 32.2. The van der Waals surface area contributed by atoms with Crippen LogP contribution in [0.25, 0.3) is 0 Å². The maximum atomic E-state index is 5.20. The van der Waals surface area contributed by atoms with Crippen LogP contribution >= 0.6 is 24.4 Å². The highest BCUT2D eigenvalue weighted by molar-refractivity contribution is 7.97. The normalized spacial score (nSPS) is 10.1. The summed E-state index contributed by atoms with van der Waals surface area (Å²) in [5.74, 6) is 4.40. The molecule has 0 saturated carbocycles. The summed E-state index contributed by atoms with van der Waals surface area (Å²) in [6.07, 6.45) is 7.31. The van der Waals surface area contributed by atoms with E-state index in [0.717, 1.165) is 18.1 Å². The Morgan fingerprint density at radius 3 is 2.62 bits per heavy atom. The molecule has 0 spiro atoms. The van der Waals surface area contributed by atoms with Gasteiger partial charge in [-0.05, 0) is 22.9 Å². The summed E-state index contributed by atoms with van der Waals surface area (Å²) < 4.78 is 0. The molecule has 0 atom stereocenters. The van der Waals surface area contributed by atoms with Crippen molar-refractivity contribution in [2.45, 2.75) is 18.1 Å². The third-order valence-electron chi connectivity index (χ3n) is 2.16. The van der Waals surface area contributed by atoms with Gasteiger partial charge in [0.25, 0.3) is 0 Å². The Morgan fingerprint density at radius 2 is 2.00 bits per heavy atom. The molecule has 1 aromatic carbocycles. The number of thiol groups is 1. The first-order valence-corrected chi connectivity index (χ1v) is 7.18. The van der Waals surface area contributed by atoms with E-state index >= 15 is 0 Å². The van der Waals surface area contributed by atoms with Gasteiger partial charge in [-0.2, -0.15) is 24.4 Å². The molecule has 0 amide bonds. The summed E-state index contributed by atoms with van der Waals surface area (Å²) in [4.78, 5) is 0. The van der Waals surface area contributed by atoms with Gasteiger partial charge in [0.05, 0.1) is 6.54 Å². The lowest BCUT2D eigenvalue weighted by molar-refractivity contribution is 0.769. The van der Waals surface area contributed by atoms with Crippen LogP contribution in [-0.4, -0.2) is 12.8 Å².